The molecule has 2 N–H and O–H groups in total. The molecule has 88 valence electrons. The van der Waals surface area contributed by atoms with Crippen LogP contribution in [-0.4, -0.2) is 36.0 Å². The number of methoxy groups -OCH3 is 1. The molecule has 4 nitrogen and oxygen atoms in total. The van der Waals surface area contributed by atoms with Gasteiger partial charge in [0.05, 0.1) is 7.11 Å². The van der Waals surface area contributed by atoms with Crippen LogP contribution < -0.4 is 4.74 Å². The van der Waals surface area contributed by atoms with Gasteiger partial charge in [-0.25, -0.2) is 0 Å². The van der Waals surface area contributed by atoms with Gasteiger partial charge in [0.2, 0.25) is 0 Å². The van der Waals surface area contributed by atoms with Gasteiger partial charge in [-0.1, -0.05) is 0 Å². The van der Waals surface area contributed by atoms with Crippen molar-refractivity contribution in [1.82, 2.24) is 4.90 Å². The average molecular weight is 222 g/mol. The van der Waals surface area contributed by atoms with Gasteiger partial charge in [-0.2, -0.15) is 0 Å². The number of phenolic OH excluding ortho intramolecular Hbond substituents is 1. The van der Waals surface area contributed by atoms with Crippen LogP contribution in [0.5, 0.6) is 11.5 Å². The molecule has 0 bridgehead atoms. The molecule has 0 amide bonds. The van der Waals surface area contributed by atoms with Gasteiger partial charge in [0, 0.05) is 18.7 Å². The Kier molecular flexibility index (Phi) is 4.17. The fourth-order valence-corrected chi connectivity index (χ4v) is 1.55. The highest BCUT2D eigenvalue weighted by Crippen LogP contribution is 2.26. The lowest BCUT2D eigenvalue weighted by molar-refractivity contribution is 0.373. The fourth-order valence-electron chi connectivity index (χ4n) is 1.55. The van der Waals surface area contributed by atoms with E-state index >= 15 is 0 Å². The summed E-state index contributed by atoms with van der Waals surface area (Å²) in [7, 11) is 1.50. The van der Waals surface area contributed by atoms with Crippen molar-refractivity contribution >= 4 is 5.84 Å². The molecule has 0 saturated carbocycles. The number of rotatable bonds is 4. The summed E-state index contributed by atoms with van der Waals surface area (Å²) >= 11 is 0. The summed E-state index contributed by atoms with van der Waals surface area (Å²) < 4.78 is 5.02. The maximum absolute atomic E-state index is 9.46. The Bertz CT molecular complexity index is 373. The lowest BCUT2D eigenvalue weighted by Gasteiger charge is -2.22. The molecule has 4 heteroatoms. The summed E-state index contributed by atoms with van der Waals surface area (Å²) in [6.07, 6.45) is 0. The SMILES string of the molecule is CCN(CC)C(=N)c1ccc(O)c(OC)c1. The Balaban J connectivity index is 3.00. The molecule has 0 aliphatic heterocycles. The summed E-state index contributed by atoms with van der Waals surface area (Å²) in [5.74, 6) is 0.941. The quantitative estimate of drug-likeness (QED) is 0.605. The van der Waals surface area contributed by atoms with Crippen LogP contribution >= 0.6 is 0 Å². The highest BCUT2D eigenvalue weighted by Gasteiger charge is 2.10. The molecule has 0 atom stereocenters. The van der Waals surface area contributed by atoms with E-state index in [-0.39, 0.29) is 5.75 Å². The fraction of sp³-hybridized carbons (Fsp3) is 0.417. The van der Waals surface area contributed by atoms with E-state index in [4.69, 9.17) is 10.1 Å². The van der Waals surface area contributed by atoms with Gasteiger partial charge in [-0.05, 0) is 32.0 Å². The van der Waals surface area contributed by atoms with Gasteiger partial charge in [-0.15, -0.1) is 0 Å². The van der Waals surface area contributed by atoms with Crippen molar-refractivity contribution in [2.45, 2.75) is 13.8 Å². The van der Waals surface area contributed by atoms with Crippen LogP contribution in [-0.2, 0) is 0 Å². The normalized spacial score (nSPS) is 9.94. The third-order valence-corrected chi connectivity index (χ3v) is 2.53. The predicted octanol–water partition coefficient (Wildman–Crippen LogP) is 2.07. The summed E-state index contributed by atoms with van der Waals surface area (Å²) in [6.45, 7) is 5.60. The molecule has 1 rings (SSSR count). The second-order valence-corrected chi connectivity index (χ2v) is 3.41. The molecule has 0 spiro atoms. The number of nitrogens with one attached hydrogen (secondary N) is 1. The molecule has 1 aromatic carbocycles. The molecule has 1 aromatic rings. The van der Waals surface area contributed by atoms with Crippen LogP contribution in [0.15, 0.2) is 18.2 Å². The van der Waals surface area contributed by atoms with Gasteiger partial charge >= 0.3 is 0 Å². The summed E-state index contributed by atoms with van der Waals surface area (Å²) in [4.78, 5) is 1.94. The van der Waals surface area contributed by atoms with Gasteiger partial charge in [0.25, 0.3) is 0 Å². The van der Waals surface area contributed by atoms with Gasteiger partial charge < -0.3 is 14.7 Å². The number of aromatic hydroxyl groups is 1. The number of nitrogens with zero attached hydrogens (tertiary/aromatic N) is 1. The van der Waals surface area contributed by atoms with Gasteiger partial charge in [0.15, 0.2) is 11.5 Å². The number of benzene rings is 1. The van der Waals surface area contributed by atoms with E-state index in [1.54, 1.807) is 18.2 Å². The first-order chi connectivity index (χ1) is 7.63. The Morgan fingerprint density at radius 2 is 2.00 bits per heavy atom. The molecule has 0 aromatic heterocycles. The smallest absolute Gasteiger partial charge is 0.161 e. The molecule has 0 radical (unpaired) electrons. The lowest BCUT2D eigenvalue weighted by atomic mass is 10.1. The third kappa shape index (κ3) is 2.45. The Morgan fingerprint density at radius 3 is 2.50 bits per heavy atom. The maximum Gasteiger partial charge on any atom is 0.161 e. The zero-order chi connectivity index (χ0) is 12.1. The molecule has 0 heterocycles. The van der Waals surface area contributed by atoms with E-state index in [0.29, 0.717) is 11.6 Å². The Labute approximate surface area is 96.0 Å². The maximum atomic E-state index is 9.46. The number of phenols is 1. The Hall–Kier alpha value is -1.71. The summed E-state index contributed by atoms with van der Waals surface area (Å²) in [5.41, 5.74) is 0.748. The van der Waals surface area contributed by atoms with Crippen molar-refractivity contribution in [2.75, 3.05) is 20.2 Å². The first kappa shape index (κ1) is 12.4. The molecule has 0 aliphatic rings. The van der Waals surface area contributed by atoms with E-state index < -0.39 is 0 Å². The van der Waals surface area contributed by atoms with Crippen LogP contribution in [0.25, 0.3) is 0 Å². The van der Waals surface area contributed by atoms with Crippen LogP contribution in [0.3, 0.4) is 0 Å². The molecular formula is C12H18N2O2. The second kappa shape index (κ2) is 5.39. The zero-order valence-corrected chi connectivity index (χ0v) is 9.95. The van der Waals surface area contributed by atoms with Crippen LogP contribution in [0.2, 0.25) is 0 Å². The van der Waals surface area contributed by atoms with Crippen LogP contribution in [0.4, 0.5) is 0 Å². The first-order valence-electron chi connectivity index (χ1n) is 5.34. The standard InChI is InChI=1S/C12H18N2O2/c1-4-14(5-2)12(13)9-6-7-10(15)11(8-9)16-3/h6-8,13,15H,4-5H2,1-3H3. The molecular weight excluding hydrogens is 204 g/mol. The van der Waals surface area contributed by atoms with Crippen molar-refractivity contribution in [3.63, 3.8) is 0 Å². The van der Waals surface area contributed by atoms with Crippen molar-refractivity contribution in [1.29, 1.82) is 5.41 Å². The number of ether oxygens (including phenoxy) is 1. The monoisotopic (exact) mass is 222 g/mol. The summed E-state index contributed by atoms with van der Waals surface area (Å²) in [5, 5.41) is 17.5. The van der Waals surface area contributed by atoms with Crippen LogP contribution in [0, 0.1) is 5.41 Å². The van der Waals surface area contributed by atoms with E-state index in [0.717, 1.165) is 18.7 Å². The van der Waals surface area contributed by atoms with E-state index in [1.807, 2.05) is 18.7 Å². The zero-order valence-electron chi connectivity index (χ0n) is 9.95. The molecule has 0 unspecified atom stereocenters. The predicted molar refractivity (Wildman–Crippen MR) is 64.4 cm³/mol. The highest BCUT2D eigenvalue weighted by atomic mass is 16.5. The van der Waals surface area contributed by atoms with Crippen molar-refractivity contribution in [2.24, 2.45) is 0 Å². The summed E-state index contributed by atoms with van der Waals surface area (Å²) in [6, 6.07) is 4.95. The minimum Gasteiger partial charge on any atom is -0.504 e. The Morgan fingerprint density at radius 1 is 1.38 bits per heavy atom. The van der Waals surface area contributed by atoms with Gasteiger partial charge in [-0.3, -0.25) is 5.41 Å². The van der Waals surface area contributed by atoms with Crippen molar-refractivity contribution in [3.8, 4) is 11.5 Å². The van der Waals surface area contributed by atoms with Crippen molar-refractivity contribution < 1.29 is 9.84 Å². The molecule has 0 aliphatic carbocycles. The third-order valence-electron chi connectivity index (χ3n) is 2.53. The minimum absolute atomic E-state index is 0.0959. The minimum atomic E-state index is 0.0959. The molecule has 0 fully saturated rings. The van der Waals surface area contributed by atoms with Crippen molar-refractivity contribution in [3.05, 3.63) is 23.8 Å². The topological polar surface area (TPSA) is 56.6 Å². The van der Waals surface area contributed by atoms with E-state index in [2.05, 4.69) is 0 Å². The van der Waals surface area contributed by atoms with E-state index in [9.17, 15) is 5.11 Å². The first-order valence-corrected chi connectivity index (χ1v) is 5.34. The lowest BCUT2D eigenvalue weighted by Crippen LogP contribution is -2.30. The van der Waals surface area contributed by atoms with E-state index in [1.165, 1.54) is 7.11 Å². The average Bonchev–Trinajstić information content (AvgIpc) is 2.31. The van der Waals surface area contributed by atoms with Crippen LogP contribution in [0.1, 0.15) is 19.4 Å². The number of hydrogen-bond acceptors (Lipinski definition) is 3. The highest BCUT2D eigenvalue weighted by molar-refractivity contribution is 5.96. The van der Waals surface area contributed by atoms with Gasteiger partial charge in [0.1, 0.15) is 5.84 Å². The number of hydrogen-bond donors (Lipinski definition) is 2. The largest absolute Gasteiger partial charge is 0.504 e. The number of amidine groups is 1. The molecule has 0 saturated heterocycles. The second-order valence-electron chi connectivity index (χ2n) is 3.41. The molecule has 16 heavy (non-hydrogen) atoms.